The predicted molar refractivity (Wildman–Crippen MR) is 199 cm³/mol. The number of rotatable bonds is 18. The fraction of sp³-hybridized carbons (Fsp3) is 0.641. The summed E-state index contributed by atoms with van der Waals surface area (Å²) in [7, 11) is 0. The Morgan fingerprint density at radius 3 is 2.52 bits per heavy atom. The van der Waals surface area contributed by atoms with Crippen molar-refractivity contribution in [1.29, 1.82) is 0 Å². The van der Waals surface area contributed by atoms with E-state index in [1.54, 1.807) is 24.0 Å². The highest BCUT2D eigenvalue weighted by molar-refractivity contribution is 9.09. The van der Waals surface area contributed by atoms with Gasteiger partial charge in [0.05, 0.1) is 49.8 Å². The molecule has 4 saturated heterocycles. The molecule has 4 aliphatic rings. The third-order valence-electron chi connectivity index (χ3n) is 11.3. The van der Waals surface area contributed by atoms with Crippen LogP contribution in [0.1, 0.15) is 58.1 Å². The first-order valence-electron chi connectivity index (χ1n) is 18.6. The molecule has 0 radical (unpaired) electrons. The van der Waals surface area contributed by atoms with Gasteiger partial charge in [-0.15, -0.1) is 13.2 Å². The number of hydrogen-bond donors (Lipinski definition) is 2. The fourth-order valence-electron chi connectivity index (χ4n) is 8.43. The van der Waals surface area contributed by atoms with Crippen molar-refractivity contribution in [2.45, 2.75) is 87.2 Å². The van der Waals surface area contributed by atoms with E-state index in [-0.39, 0.29) is 42.1 Å². The Morgan fingerprint density at radius 1 is 1.17 bits per heavy atom. The Hall–Kier alpha value is -3.10. The van der Waals surface area contributed by atoms with Gasteiger partial charge >= 0.3 is 5.97 Å². The molecule has 10 atom stereocenters. The lowest BCUT2D eigenvalue weighted by atomic mass is 9.70. The number of hydrogen-bond acceptors (Lipinski definition) is 9. The number of morpholine rings is 1. The maximum atomic E-state index is 14.9. The standard InChI is InChI=1S/C39H55BrN4O8/c1-6-9-15-30(46)41-26(5)33(27-13-11-10-12-14-27)51-38(49)31-32-36(47)44(29(24-45)25(4)8-3)35(39(32)23-28(40)34(31)52-39)37(48)43(16-7-2)18-17-42-19-21-50-22-20-42/h6-7,10-14,25-26,28-29,31-35,45H,1-2,8-9,15-24H2,3-5H3,(H,41,46)/t25-,26+,28?,29-,31+,32-,33+,34+,35+,39-/m0/s1. The smallest absolute Gasteiger partial charge is 0.313 e. The second kappa shape index (κ2) is 17.8. The molecule has 5 rings (SSSR count). The van der Waals surface area contributed by atoms with Crippen LogP contribution < -0.4 is 5.32 Å². The van der Waals surface area contributed by atoms with E-state index in [4.69, 9.17) is 14.2 Å². The minimum absolute atomic E-state index is 0.143. The average molecular weight is 788 g/mol. The van der Waals surface area contributed by atoms with Gasteiger partial charge in [0.2, 0.25) is 17.7 Å². The molecule has 286 valence electrons. The first-order chi connectivity index (χ1) is 25.0. The Kier molecular flexibility index (Phi) is 13.7. The minimum Gasteiger partial charge on any atom is -0.455 e. The van der Waals surface area contributed by atoms with Crippen LogP contribution in [-0.4, -0.2) is 131 Å². The molecule has 0 aromatic heterocycles. The number of aliphatic hydroxyl groups excluding tert-OH is 1. The number of aliphatic hydroxyl groups is 1. The maximum absolute atomic E-state index is 14.9. The molecule has 2 bridgehead atoms. The van der Waals surface area contributed by atoms with Crippen molar-refractivity contribution in [2.75, 3.05) is 52.5 Å². The summed E-state index contributed by atoms with van der Waals surface area (Å²) in [6.45, 7) is 17.0. The van der Waals surface area contributed by atoms with Gasteiger partial charge in [0.1, 0.15) is 17.7 Å². The zero-order valence-electron chi connectivity index (χ0n) is 30.7. The summed E-state index contributed by atoms with van der Waals surface area (Å²) < 4.78 is 18.6. The van der Waals surface area contributed by atoms with Crippen molar-refractivity contribution >= 4 is 39.6 Å². The van der Waals surface area contributed by atoms with E-state index in [0.717, 1.165) is 13.1 Å². The van der Waals surface area contributed by atoms with E-state index in [1.165, 1.54) is 4.90 Å². The van der Waals surface area contributed by atoms with E-state index in [9.17, 15) is 24.3 Å². The van der Waals surface area contributed by atoms with E-state index >= 15 is 0 Å². The molecule has 3 amide bonds. The number of nitrogens with one attached hydrogen (secondary N) is 1. The van der Waals surface area contributed by atoms with E-state index < -0.39 is 59.6 Å². The van der Waals surface area contributed by atoms with Crippen LogP contribution in [0, 0.1) is 17.8 Å². The monoisotopic (exact) mass is 786 g/mol. The normalized spacial score (nSPS) is 29.1. The summed E-state index contributed by atoms with van der Waals surface area (Å²) in [6.07, 6.45) is 3.49. The van der Waals surface area contributed by atoms with Gasteiger partial charge in [-0.3, -0.25) is 24.1 Å². The lowest BCUT2D eigenvalue weighted by Gasteiger charge is -2.41. The summed E-state index contributed by atoms with van der Waals surface area (Å²) in [5.41, 5.74) is -0.644. The average Bonchev–Trinajstić information content (AvgIpc) is 3.75. The Labute approximate surface area is 316 Å². The van der Waals surface area contributed by atoms with Crippen LogP contribution in [0.4, 0.5) is 0 Å². The highest BCUT2D eigenvalue weighted by Crippen LogP contribution is 2.61. The minimum atomic E-state index is -1.33. The van der Waals surface area contributed by atoms with E-state index in [0.29, 0.717) is 51.1 Å². The van der Waals surface area contributed by atoms with Gasteiger partial charge in [0.15, 0.2) is 0 Å². The quantitative estimate of drug-likeness (QED) is 0.131. The molecule has 2 N–H and O–H groups in total. The Bertz CT molecular complexity index is 1440. The number of allylic oxidation sites excluding steroid dienone is 1. The molecule has 0 saturated carbocycles. The zero-order valence-corrected chi connectivity index (χ0v) is 32.2. The van der Waals surface area contributed by atoms with Gasteiger partial charge < -0.3 is 34.4 Å². The largest absolute Gasteiger partial charge is 0.455 e. The number of ether oxygens (including phenoxy) is 3. The van der Waals surface area contributed by atoms with Crippen LogP contribution in [0.3, 0.4) is 0 Å². The zero-order chi connectivity index (χ0) is 37.6. The second-order valence-corrected chi connectivity index (χ2v) is 15.7. The maximum Gasteiger partial charge on any atom is 0.313 e. The molecule has 4 fully saturated rings. The van der Waals surface area contributed by atoms with Crippen molar-refractivity contribution in [3.8, 4) is 0 Å². The van der Waals surface area contributed by atoms with Crippen molar-refractivity contribution in [1.82, 2.24) is 20.0 Å². The highest BCUT2D eigenvalue weighted by atomic mass is 79.9. The molecule has 1 aromatic carbocycles. The van der Waals surface area contributed by atoms with Crippen LogP contribution in [0.25, 0.3) is 0 Å². The molecule has 13 heteroatoms. The van der Waals surface area contributed by atoms with Gasteiger partial charge in [-0.2, -0.15) is 0 Å². The predicted octanol–water partition coefficient (Wildman–Crippen LogP) is 3.24. The number of fused-ring (bicyclic) bond motifs is 1. The molecule has 4 heterocycles. The molecular weight excluding hydrogens is 732 g/mol. The van der Waals surface area contributed by atoms with Gasteiger partial charge in [-0.05, 0) is 31.2 Å². The first-order valence-corrected chi connectivity index (χ1v) is 19.5. The number of halogens is 1. The number of alkyl halides is 1. The SMILES string of the molecule is C=CCCC(=O)N[C@H](C)[C@@H](OC(=O)[C@H]1[C@@H]2O[C@@]3(CC2Br)[C@@H]1C(=O)N([C@@H](CO)[C@@H](C)CC)[C@@H]3C(=O)N(CC=C)CCN1CCOCC1)c1ccccc1. The van der Waals surface area contributed by atoms with Crippen molar-refractivity contribution in [2.24, 2.45) is 17.8 Å². The third-order valence-corrected chi connectivity index (χ3v) is 12.2. The summed E-state index contributed by atoms with van der Waals surface area (Å²) in [6, 6.07) is 6.84. The van der Waals surface area contributed by atoms with Gasteiger partial charge in [-0.1, -0.05) is 78.7 Å². The molecule has 0 aliphatic carbocycles. The molecule has 1 aromatic rings. The number of carbonyl (C=O) groups excluding carboxylic acids is 4. The number of esters is 1. The topological polar surface area (TPSA) is 138 Å². The fourth-order valence-corrected chi connectivity index (χ4v) is 9.38. The Balaban J connectivity index is 1.49. The van der Waals surface area contributed by atoms with Crippen molar-refractivity contribution < 1.29 is 38.5 Å². The Morgan fingerprint density at radius 2 is 1.88 bits per heavy atom. The van der Waals surface area contributed by atoms with Gasteiger partial charge in [0.25, 0.3) is 0 Å². The molecule has 52 heavy (non-hydrogen) atoms. The number of carbonyl (C=O) groups is 4. The van der Waals surface area contributed by atoms with Gasteiger partial charge in [-0.25, -0.2) is 0 Å². The second-order valence-electron chi connectivity index (χ2n) is 14.5. The van der Waals surface area contributed by atoms with E-state index in [2.05, 4.69) is 39.3 Å². The summed E-state index contributed by atoms with van der Waals surface area (Å²) in [5.74, 6) is -3.71. The summed E-state index contributed by atoms with van der Waals surface area (Å²) in [4.78, 5) is 62.2. The molecule has 1 spiro atoms. The number of nitrogens with zero attached hydrogens (tertiary/aromatic N) is 3. The highest BCUT2D eigenvalue weighted by Gasteiger charge is 2.77. The molecule has 1 unspecified atom stereocenters. The van der Waals surface area contributed by atoms with Gasteiger partial charge in [0, 0.05) is 44.0 Å². The number of amides is 3. The third kappa shape index (κ3) is 8.03. The van der Waals surface area contributed by atoms with Crippen LogP contribution in [0.15, 0.2) is 55.6 Å². The molecule has 12 nitrogen and oxygen atoms in total. The van der Waals surface area contributed by atoms with Crippen molar-refractivity contribution in [3.63, 3.8) is 0 Å². The molecule has 4 aliphatic heterocycles. The summed E-state index contributed by atoms with van der Waals surface area (Å²) >= 11 is 3.76. The van der Waals surface area contributed by atoms with Crippen LogP contribution in [0.5, 0.6) is 0 Å². The van der Waals surface area contributed by atoms with Crippen LogP contribution in [-0.2, 0) is 33.4 Å². The number of likely N-dealkylation sites (tertiary alicyclic amines) is 1. The lowest BCUT2D eigenvalue weighted by Crippen LogP contribution is -2.60. The molecular formula is C39H55BrN4O8. The van der Waals surface area contributed by atoms with Crippen LogP contribution >= 0.6 is 15.9 Å². The summed E-state index contributed by atoms with van der Waals surface area (Å²) in [5, 5.41) is 13.7. The number of benzene rings is 1. The lowest BCUT2D eigenvalue weighted by molar-refractivity contribution is -0.163. The van der Waals surface area contributed by atoms with Crippen molar-refractivity contribution in [3.05, 3.63) is 61.2 Å². The van der Waals surface area contributed by atoms with E-state index in [1.807, 2.05) is 44.2 Å². The first kappa shape index (κ1) is 40.1. The van der Waals surface area contributed by atoms with Crippen LogP contribution in [0.2, 0.25) is 0 Å².